The van der Waals surface area contributed by atoms with E-state index in [1.807, 2.05) is 54.4 Å². The summed E-state index contributed by atoms with van der Waals surface area (Å²) in [6.45, 7) is 1.07. The standard InChI is InChI=1S/C29H27ClFN3O2S2/c1-34(18-20-10-12-22(31)13-11-20)19-23(32)17-27(33-26-9-4-3-8-25(26)30)29-15-14-28(37-29)21-6-5-7-24(16-21)38(2,35)36/h3-17H,18-19,32H2,1-2H3. The quantitative estimate of drug-likeness (QED) is 0.228. The van der Waals surface area contributed by atoms with Gasteiger partial charge < -0.3 is 5.73 Å². The molecule has 0 aliphatic heterocycles. The normalized spacial score (nSPS) is 12.8. The molecule has 5 nitrogen and oxygen atoms in total. The first-order chi connectivity index (χ1) is 18.1. The number of rotatable bonds is 9. The van der Waals surface area contributed by atoms with Crippen LogP contribution in [0.25, 0.3) is 10.4 Å². The summed E-state index contributed by atoms with van der Waals surface area (Å²) in [7, 11) is -1.39. The molecule has 0 saturated carbocycles. The maximum atomic E-state index is 13.2. The second-order valence-electron chi connectivity index (χ2n) is 8.93. The highest BCUT2D eigenvalue weighted by Crippen LogP contribution is 2.32. The molecule has 0 atom stereocenters. The Morgan fingerprint density at radius 1 is 1.05 bits per heavy atom. The molecule has 3 aromatic carbocycles. The maximum Gasteiger partial charge on any atom is 0.175 e. The smallest absolute Gasteiger partial charge is 0.175 e. The van der Waals surface area contributed by atoms with Crippen LogP contribution in [0.4, 0.5) is 10.1 Å². The van der Waals surface area contributed by atoms with E-state index in [1.54, 1.807) is 36.4 Å². The van der Waals surface area contributed by atoms with Crippen molar-refractivity contribution < 1.29 is 12.8 Å². The van der Waals surface area contributed by atoms with Crippen LogP contribution < -0.4 is 5.73 Å². The lowest BCUT2D eigenvalue weighted by molar-refractivity contribution is 0.354. The number of allylic oxidation sites excluding steroid dienone is 1. The maximum absolute atomic E-state index is 13.2. The van der Waals surface area contributed by atoms with Gasteiger partial charge in [-0.1, -0.05) is 48.0 Å². The molecule has 0 aliphatic carbocycles. The van der Waals surface area contributed by atoms with Crippen LogP contribution >= 0.6 is 22.9 Å². The number of halogens is 2. The van der Waals surface area contributed by atoms with E-state index in [0.717, 1.165) is 20.9 Å². The van der Waals surface area contributed by atoms with Gasteiger partial charge in [-0.15, -0.1) is 11.3 Å². The third-order valence-electron chi connectivity index (χ3n) is 5.64. The first kappa shape index (κ1) is 27.7. The summed E-state index contributed by atoms with van der Waals surface area (Å²) in [4.78, 5) is 8.87. The van der Waals surface area contributed by atoms with Crippen LogP contribution in [0.5, 0.6) is 0 Å². The first-order valence-corrected chi connectivity index (χ1v) is 14.8. The molecule has 9 heteroatoms. The van der Waals surface area contributed by atoms with E-state index in [4.69, 9.17) is 22.3 Å². The predicted molar refractivity (Wildman–Crippen MR) is 156 cm³/mol. The average molecular weight is 568 g/mol. The van der Waals surface area contributed by atoms with Crippen molar-refractivity contribution in [2.45, 2.75) is 11.4 Å². The molecule has 2 N–H and O–H groups in total. The Kier molecular flexibility index (Phi) is 8.79. The molecule has 4 rings (SSSR count). The third-order valence-corrected chi connectivity index (χ3v) is 8.23. The van der Waals surface area contributed by atoms with E-state index in [-0.39, 0.29) is 10.7 Å². The number of hydrogen-bond acceptors (Lipinski definition) is 6. The number of likely N-dealkylation sites (N-methyl/N-ethyl adjacent to an activating group) is 1. The van der Waals surface area contributed by atoms with Gasteiger partial charge in [0, 0.05) is 29.9 Å². The van der Waals surface area contributed by atoms with Crippen molar-refractivity contribution in [1.29, 1.82) is 0 Å². The monoisotopic (exact) mass is 567 g/mol. The number of aliphatic imine (C=N–C) groups is 1. The second kappa shape index (κ2) is 12.0. The molecule has 0 amide bonds. The lowest BCUT2D eigenvalue weighted by Gasteiger charge is -2.17. The van der Waals surface area contributed by atoms with Crippen molar-refractivity contribution in [3.05, 3.63) is 118 Å². The number of nitrogens with two attached hydrogens (primary N) is 1. The fourth-order valence-corrected chi connectivity index (χ4v) is 5.64. The highest BCUT2D eigenvalue weighted by atomic mass is 35.5. The third kappa shape index (κ3) is 7.39. The van der Waals surface area contributed by atoms with Crippen LogP contribution in [-0.2, 0) is 16.4 Å². The number of sulfone groups is 1. The fraction of sp³-hybridized carbons (Fsp3) is 0.138. The van der Waals surface area contributed by atoms with Crippen LogP contribution in [0.15, 0.2) is 107 Å². The molecule has 0 aliphatic rings. The molecule has 0 fully saturated rings. The minimum Gasteiger partial charge on any atom is -0.401 e. The van der Waals surface area contributed by atoms with E-state index >= 15 is 0 Å². The van der Waals surface area contributed by atoms with Gasteiger partial charge in [0.25, 0.3) is 0 Å². The van der Waals surface area contributed by atoms with E-state index in [1.165, 1.54) is 29.7 Å². The van der Waals surface area contributed by atoms with Crippen molar-refractivity contribution in [2.75, 3.05) is 19.8 Å². The lowest BCUT2D eigenvalue weighted by Crippen LogP contribution is -2.24. The highest BCUT2D eigenvalue weighted by molar-refractivity contribution is 7.90. The Morgan fingerprint density at radius 3 is 2.50 bits per heavy atom. The van der Waals surface area contributed by atoms with Gasteiger partial charge in [0.05, 0.1) is 26.2 Å². The topological polar surface area (TPSA) is 75.8 Å². The van der Waals surface area contributed by atoms with Gasteiger partial charge in [-0.3, -0.25) is 4.90 Å². The number of nitrogens with zero attached hydrogens (tertiary/aromatic N) is 2. The zero-order chi connectivity index (χ0) is 27.3. The first-order valence-electron chi connectivity index (χ1n) is 11.7. The van der Waals surface area contributed by atoms with Crippen LogP contribution in [-0.4, -0.2) is 38.9 Å². The molecular weight excluding hydrogens is 541 g/mol. The summed E-state index contributed by atoms with van der Waals surface area (Å²) in [5, 5.41) is 0.517. The van der Waals surface area contributed by atoms with Crippen LogP contribution in [0.2, 0.25) is 5.02 Å². The molecular formula is C29H27ClFN3O2S2. The van der Waals surface area contributed by atoms with Gasteiger partial charge in [-0.25, -0.2) is 17.8 Å². The molecule has 0 spiro atoms. The van der Waals surface area contributed by atoms with Crippen molar-refractivity contribution in [3.63, 3.8) is 0 Å². The largest absolute Gasteiger partial charge is 0.401 e. The number of hydrogen-bond donors (Lipinski definition) is 1. The summed E-state index contributed by atoms with van der Waals surface area (Å²) < 4.78 is 37.3. The highest BCUT2D eigenvalue weighted by Gasteiger charge is 2.13. The minimum absolute atomic E-state index is 0.267. The Morgan fingerprint density at radius 2 is 1.79 bits per heavy atom. The molecule has 1 heterocycles. The Bertz CT molecular complexity index is 1600. The van der Waals surface area contributed by atoms with Crippen LogP contribution in [0.1, 0.15) is 10.4 Å². The Labute approximate surface area is 231 Å². The van der Waals surface area contributed by atoms with Crippen molar-refractivity contribution >= 4 is 44.2 Å². The van der Waals surface area contributed by atoms with Gasteiger partial charge in [0.15, 0.2) is 9.84 Å². The van der Waals surface area contributed by atoms with Crippen molar-refractivity contribution in [1.82, 2.24) is 4.90 Å². The van der Waals surface area contributed by atoms with E-state index in [0.29, 0.717) is 35.2 Å². The number of para-hydroxylation sites is 1. The lowest BCUT2D eigenvalue weighted by atomic mass is 10.2. The van der Waals surface area contributed by atoms with E-state index in [9.17, 15) is 12.8 Å². The van der Waals surface area contributed by atoms with Gasteiger partial charge in [0.2, 0.25) is 0 Å². The number of benzene rings is 3. The molecule has 0 saturated heterocycles. The van der Waals surface area contributed by atoms with Crippen molar-refractivity contribution in [3.8, 4) is 10.4 Å². The van der Waals surface area contributed by atoms with Gasteiger partial charge in [-0.05, 0) is 72.8 Å². The van der Waals surface area contributed by atoms with Crippen LogP contribution in [0.3, 0.4) is 0 Å². The van der Waals surface area contributed by atoms with E-state index < -0.39 is 9.84 Å². The van der Waals surface area contributed by atoms with Crippen LogP contribution in [0, 0.1) is 5.82 Å². The summed E-state index contributed by atoms with van der Waals surface area (Å²) >= 11 is 7.88. The summed E-state index contributed by atoms with van der Waals surface area (Å²) in [6.07, 6.45) is 3.02. The zero-order valence-electron chi connectivity index (χ0n) is 20.9. The second-order valence-corrected chi connectivity index (χ2v) is 12.4. The van der Waals surface area contributed by atoms with Crippen molar-refractivity contribution in [2.24, 2.45) is 10.7 Å². The molecule has 38 heavy (non-hydrogen) atoms. The molecule has 196 valence electrons. The Balaban J connectivity index is 1.64. The predicted octanol–water partition coefficient (Wildman–Crippen LogP) is 6.71. The average Bonchev–Trinajstić information content (AvgIpc) is 3.36. The molecule has 0 bridgehead atoms. The van der Waals surface area contributed by atoms with Gasteiger partial charge in [0.1, 0.15) is 5.82 Å². The summed E-state index contributed by atoms with van der Waals surface area (Å²) in [5.74, 6) is -0.269. The molecule has 0 unspecified atom stereocenters. The zero-order valence-corrected chi connectivity index (χ0v) is 23.3. The van der Waals surface area contributed by atoms with E-state index in [2.05, 4.69) is 0 Å². The van der Waals surface area contributed by atoms with Gasteiger partial charge >= 0.3 is 0 Å². The molecule has 0 radical (unpaired) electrons. The molecule has 4 aromatic rings. The number of thiophene rings is 1. The SMILES string of the molecule is CN(CC(N)=CC(=Nc1ccccc1Cl)c1ccc(-c2cccc(S(C)(=O)=O)c2)s1)Cc1ccc(F)cc1. The minimum atomic E-state index is -3.32. The molecule has 1 aromatic heterocycles. The Hall–Kier alpha value is -3.30. The fourth-order valence-electron chi connectivity index (χ4n) is 3.83. The summed E-state index contributed by atoms with van der Waals surface area (Å²) in [6, 6.07) is 24.4. The summed E-state index contributed by atoms with van der Waals surface area (Å²) in [5.41, 5.74) is 10.1. The van der Waals surface area contributed by atoms with Gasteiger partial charge in [-0.2, -0.15) is 0 Å².